The van der Waals surface area contributed by atoms with E-state index < -0.39 is 6.10 Å². The minimum absolute atomic E-state index is 0. The van der Waals surface area contributed by atoms with E-state index in [1.807, 2.05) is 30.5 Å². The van der Waals surface area contributed by atoms with Gasteiger partial charge in [0.2, 0.25) is 0 Å². The maximum atomic E-state index is 12.1. The number of methoxy groups -OCH3 is 1. The van der Waals surface area contributed by atoms with Crippen LogP contribution in [0, 0.1) is 11.8 Å². The molecular formula is C35H47BrN2O2. The molecule has 3 aliphatic heterocycles. The Balaban J connectivity index is 0.00000370. The molecule has 1 aromatic heterocycles. The zero-order valence-electron chi connectivity index (χ0n) is 25.4. The van der Waals surface area contributed by atoms with Crippen LogP contribution < -0.4 is 21.7 Å². The van der Waals surface area contributed by atoms with Crippen LogP contribution in [0.5, 0.6) is 5.75 Å². The van der Waals surface area contributed by atoms with E-state index in [4.69, 9.17) is 4.74 Å². The van der Waals surface area contributed by atoms with Crippen LogP contribution in [0.25, 0.3) is 10.9 Å². The van der Waals surface area contributed by atoms with Crippen LogP contribution in [-0.2, 0) is 17.4 Å². The number of ether oxygens (including phenoxy) is 1. The molecule has 2 aromatic carbocycles. The summed E-state index contributed by atoms with van der Waals surface area (Å²) >= 11 is 0. The third-order valence-corrected chi connectivity index (χ3v) is 9.51. The van der Waals surface area contributed by atoms with Crippen LogP contribution in [0.1, 0.15) is 82.7 Å². The Morgan fingerprint density at radius 1 is 1.07 bits per heavy atom. The molecule has 0 radical (unpaired) electrons. The van der Waals surface area contributed by atoms with Crippen molar-refractivity contribution in [1.29, 1.82) is 0 Å². The van der Waals surface area contributed by atoms with Crippen LogP contribution >= 0.6 is 0 Å². The average Bonchev–Trinajstić information content (AvgIpc) is 2.90. The van der Waals surface area contributed by atoms with Crippen LogP contribution in [0.4, 0.5) is 0 Å². The van der Waals surface area contributed by atoms with Gasteiger partial charge in [-0.2, -0.15) is 0 Å². The van der Waals surface area contributed by atoms with Gasteiger partial charge in [0.25, 0.3) is 0 Å². The Labute approximate surface area is 251 Å². The monoisotopic (exact) mass is 606 g/mol. The minimum Gasteiger partial charge on any atom is -1.00 e. The third kappa shape index (κ3) is 5.49. The Morgan fingerprint density at radius 3 is 2.33 bits per heavy atom. The summed E-state index contributed by atoms with van der Waals surface area (Å²) in [5.41, 5.74) is 5.71. The van der Waals surface area contributed by atoms with Crippen molar-refractivity contribution in [2.45, 2.75) is 83.9 Å². The molecule has 3 fully saturated rings. The van der Waals surface area contributed by atoms with Crippen molar-refractivity contribution in [3.63, 3.8) is 0 Å². The number of halogens is 1. The molecule has 0 spiro atoms. The predicted octanol–water partition coefficient (Wildman–Crippen LogP) is 4.49. The van der Waals surface area contributed by atoms with E-state index in [9.17, 15) is 5.11 Å². The van der Waals surface area contributed by atoms with E-state index in [0.29, 0.717) is 11.8 Å². The van der Waals surface area contributed by atoms with Gasteiger partial charge in [0, 0.05) is 47.0 Å². The molecule has 4 heterocycles. The molecule has 4 nitrogen and oxygen atoms in total. The predicted molar refractivity (Wildman–Crippen MR) is 161 cm³/mol. The number of fused-ring (bicyclic) bond motifs is 4. The fourth-order valence-electron chi connectivity index (χ4n) is 7.44. The smallest absolute Gasteiger partial charge is 0.131 e. The second-order valence-corrected chi connectivity index (χ2v) is 14.1. The number of hydrogen-bond donors (Lipinski definition) is 1. The first kappa shape index (κ1) is 30.7. The van der Waals surface area contributed by atoms with Gasteiger partial charge in [-0.1, -0.05) is 65.8 Å². The first-order valence-electron chi connectivity index (χ1n) is 14.6. The summed E-state index contributed by atoms with van der Waals surface area (Å²) < 4.78 is 6.96. The van der Waals surface area contributed by atoms with Gasteiger partial charge in [0.1, 0.15) is 24.4 Å². The first-order chi connectivity index (χ1) is 18.4. The zero-order chi connectivity index (χ0) is 28.2. The van der Waals surface area contributed by atoms with Crippen molar-refractivity contribution in [3.8, 4) is 5.75 Å². The Morgan fingerprint density at radius 2 is 1.73 bits per heavy atom. The van der Waals surface area contributed by atoms with Crippen molar-refractivity contribution in [3.05, 3.63) is 83.6 Å². The molecule has 1 N–H and O–H groups in total. The second-order valence-electron chi connectivity index (χ2n) is 14.1. The van der Waals surface area contributed by atoms with Crippen LogP contribution in [0.3, 0.4) is 0 Å². The van der Waals surface area contributed by atoms with Crippen molar-refractivity contribution in [2.24, 2.45) is 11.8 Å². The molecule has 2 bridgehead atoms. The highest BCUT2D eigenvalue weighted by Crippen LogP contribution is 2.49. The van der Waals surface area contributed by atoms with E-state index >= 15 is 0 Å². The first-order valence-corrected chi connectivity index (χ1v) is 14.6. The molecule has 3 aromatic rings. The van der Waals surface area contributed by atoms with Crippen molar-refractivity contribution < 1.29 is 31.3 Å². The SMILES string of the molecule is C=C[C@H]1C[N+]2(Cc3cc(C(C)(C)C)c(OC)c(C(C)(C)C)c3)CC[C@H]1C[C@H]2[C@H](O)c1ccnc2ccccc12.[Br-]. The number of aromatic nitrogens is 1. The van der Waals surface area contributed by atoms with Crippen molar-refractivity contribution >= 4 is 10.9 Å². The number of quaternary nitrogens is 1. The van der Waals surface area contributed by atoms with Crippen molar-refractivity contribution in [2.75, 3.05) is 20.2 Å². The third-order valence-electron chi connectivity index (χ3n) is 9.51. The summed E-state index contributed by atoms with van der Waals surface area (Å²) in [7, 11) is 1.80. The molecule has 216 valence electrons. The summed E-state index contributed by atoms with van der Waals surface area (Å²) in [6.07, 6.45) is 5.68. The molecule has 40 heavy (non-hydrogen) atoms. The summed E-state index contributed by atoms with van der Waals surface area (Å²) in [5.74, 6) is 2.08. The number of aliphatic hydroxyl groups excluding tert-OH is 1. The molecule has 3 aliphatic rings. The largest absolute Gasteiger partial charge is 1.00 e. The van der Waals surface area contributed by atoms with Gasteiger partial charge >= 0.3 is 0 Å². The van der Waals surface area contributed by atoms with E-state index in [1.165, 1.54) is 23.1 Å². The molecule has 5 heteroatoms. The Bertz CT molecular complexity index is 1330. The number of nitrogens with zero attached hydrogens (tertiary/aromatic N) is 2. The summed E-state index contributed by atoms with van der Waals surface area (Å²) in [6.45, 7) is 20.9. The maximum Gasteiger partial charge on any atom is 0.131 e. The number of rotatable bonds is 6. The lowest BCUT2D eigenvalue weighted by atomic mass is 9.70. The summed E-state index contributed by atoms with van der Waals surface area (Å²) in [5, 5.41) is 13.2. The number of piperidine rings is 3. The van der Waals surface area contributed by atoms with Gasteiger partial charge in [0.05, 0.1) is 25.7 Å². The topological polar surface area (TPSA) is 42.4 Å². The van der Waals surface area contributed by atoms with Gasteiger partial charge in [-0.25, -0.2) is 0 Å². The van der Waals surface area contributed by atoms with E-state index in [1.54, 1.807) is 7.11 Å². The molecule has 1 unspecified atom stereocenters. The summed E-state index contributed by atoms with van der Waals surface area (Å²) in [4.78, 5) is 4.57. The lowest BCUT2D eigenvalue weighted by Gasteiger charge is -2.58. The standard InChI is InChI=1S/C35H47N2O2.BrH/c1-9-24-22-37(21-23-18-28(34(2,3)4)33(39-8)29(19-23)35(5,6)7)17-15-25(24)20-31(37)32(38)27-14-16-36-30-13-11-10-12-26(27)30;/h9-14,16,18-19,24-25,31-32,38H,1,15,17,20-22H2,2-8H3;1H/q+1;/p-1/t24-,25-,31-,32+,37?;/m0./s1. The molecule has 0 saturated carbocycles. The number of hydrogen-bond acceptors (Lipinski definition) is 3. The van der Waals surface area contributed by atoms with Gasteiger partial charge in [-0.15, -0.1) is 6.58 Å². The fourth-order valence-corrected chi connectivity index (χ4v) is 7.44. The molecule has 6 rings (SSSR count). The number of pyridine rings is 1. The van der Waals surface area contributed by atoms with Gasteiger partial charge < -0.3 is 31.3 Å². The fraction of sp³-hybridized carbons (Fsp3) is 0.514. The zero-order valence-corrected chi connectivity index (χ0v) is 27.0. The van der Waals surface area contributed by atoms with Gasteiger partial charge in [-0.3, -0.25) is 4.98 Å². The average molecular weight is 608 g/mol. The number of benzene rings is 2. The van der Waals surface area contributed by atoms with Crippen LogP contribution in [-0.4, -0.2) is 40.8 Å². The van der Waals surface area contributed by atoms with E-state index in [-0.39, 0.29) is 33.9 Å². The highest BCUT2D eigenvalue weighted by Gasteiger charge is 2.54. The Kier molecular flexibility index (Phi) is 8.63. The normalized spacial score (nSPS) is 25.4. The lowest BCUT2D eigenvalue weighted by molar-refractivity contribution is -0.984. The highest BCUT2D eigenvalue weighted by atomic mass is 79.9. The van der Waals surface area contributed by atoms with Crippen LogP contribution in [0.15, 0.2) is 61.3 Å². The van der Waals surface area contributed by atoms with E-state index in [2.05, 4.69) is 77.4 Å². The Hall–Kier alpha value is -2.21. The molecule has 5 atom stereocenters. The van der Waals surface area contributed by atoms with Gasteiger partial charge in [-0.05, 0) is 46.6 Å². The van der Waals surface area contributed by atoms with Crippen molar-refractivity contribution in [1.82, 2.24) is 4.98 Å². The van der Waals surface area contributed by atoms with E-state index in [0.717, 1.165) is 52.8 Å². The maximum absolute atomic E-state index is 12.1. The lowest BCUT2D eigenvalue weighted by Crippen LogP contribution is -3.00. The molecule has 3 saturated heterocycles. The minimum atomic E-state index is -0.547. The molecular weight excluding hydrogens is 560 g/mol. The highest BCUT2D eigenvalue weighted by molar-refractivity contribution is 5.82. The molecule has 0 amide bonds. The molecule has 0 aliphatic carbocycles. The summed E-state index contributed by atoms with van der Waals surface area (Å²) in [6, 6.07) is 15.1. The second kappa shape index (κ2) is 11.2. The van der Waals surface area contributed by atoms with Crippen LogP contribution in [0.2, 0.25) is 0 Å². The number of para-hydroxylation sites is 1. The van der Waals surface area contributed by atoms with Gasteiger partial charge in [0.15, 0.2) is 0 Å². The quantitative estimate of drug-likeness (QED) is 0.332. The number of aliphatic hydroxyl groups is 1.